The van der Waals surface area contributed by atoms with Crippen LogP contribution in [0.3, 0.4) is 0 Å². The first kappa shape index (κ1) is 19.6. The van der Waals surface area contributed by atoms with Gasteiger partial charge in [0.25, 0.3) is 0 Å². The molecule has 0 N–H and O–H groups in total. The van der Waals surface area contributed by atoms with Crippen LogP contribution in [0.1, 0.15) is 46.5 Å². The van der Waals surface area contributed by atoms with Crippen LogP contribution in [0.25, 0.3) is 0 Å². The van der Waals surface area contributed by atoms with Crippen LogP contribution >= 0.6 is 0 Å². The van der Waals surface area contributed by atoms with E-state index >= 15 is 0 Å². The van der Waals surface area contributed by atoms with Gasteiger partial charge in [-0.05, 0) is 33.6 Å². The Morgan fingerprint density at radius 1 is 0.926 bits per heavy atom. The quantitative estimate of drug-likeness (QED) is 0.674. The first-order valence-electron chi connectivity index (χ1n) is 9.78. The number of nitrogens with zero attached hydrogens (tertiary/aromatic N) is 3. The van der Waals surface area contributed by atoms with Crippen molar-refractivity contribution >= 4 is 23.8 Å². The van der Waals surface area contributed by atoms with Crippen LogP contribution in [0.4, 0.5) is 4.79 Å². The molecule has 150 valence electrons. The van der Waals surface area contributed by atoms with E-state index in [-0.39, 0.29) is 42.2 Å². The number of ether oxygens (including phenoxy) is 1. The minimum absolute atomic E-state index is 0.183. The molecule has 27 heavy (non-hydrogen) atoms. The first-order chi connectivity index (χ1) is 12.7. The Balaban J connectivity index is 1.52. The molecule has 8 heteroatoms. The fourth-order valence-corrected chi connectivity index (χ4v) is 4.09. The van der Waals surface area contributed by atoms with Crippen LogP contribution in [0, 0.1) is 11.8 Å². The number of fused-ring (bicyclic) bond motifs is 1. The highest BCUT2D eigenvalue weighted by molar-refractivity contribution is 6.07. The lowest BCUT2D eigenvalue weighted by Crippen LogP contribution is -2.53. The molecule has 2 unspecified atom stereocenters. The smallest absolute Gasteiger partial charge is 0.410 e. The molecule has 2 saturated heterocycles. The summed E-state index contributed by atoms with van der Waals surface area (Å²) >= 11 is 0. The predicted molar refractivity (Wildman–Crippen MR) is 96.6 cm³/mol. The molecule has 2 heterocycles. The standard InChI is InChI=1S/C19H29N3O5/c1-19(2,3)27-18(26)21-10-8-20(9-11-21)15(23)12-22-16(24)13-6-4-5-7-14(13)17(22)25/h13-14H,4-12H2,1-3H3. The molecular formula is C19H29N3O5. The maximum Gasteiger partial charge on any atom is 0.410 e. The highest BCUT2D eigenvalue weighted by Crippen LogP contribution is 2.37. The molecule has 1 saturated carbocycles. The summed E-state index contributed by atoms with van der Waals surface area (Å²) in [6, 6.07) is 0. The Bertz CT molecular complexity index is 610. The SMILES string of the molecule is CC(C)(C)OC(=O)N1CCN(C(=O)CN2C(=O)C3CCCCC3C2=O)CC1. The third kappa shape index (κ3) is 4.25. The van der Waals surface area contributed by atoms with Gasteiger partial charge in [-0.25, -0.2) is 4.79 Å². The Morgan fingerprint density at radius 2 is 1.41 bits per heavy atom. The maximum absolute atomic E-state index is 12.6. The number of hydrogen-bond donors (Lipinski definition) is 0. The summed E-state index contributed by atoms with van der Waals surface area (Å²) in [5, 5.41) is 0. The first-order valence-corrected chi connectivity index (χ1v) is 9.78. The highest BCUT2D eigenvalue weighted by Gasteiger charge is 2.48. The minimum atomic E-state index is -0.558. The number of carbonyl (C=O) groups excluding carboxylic acids is 4. The van der Waals surface area contributed by atoms with E-state index in [0.717, 1.165) is 30.6 Å². The molecule has 8 nitrogen and oxygen atoms in total. The van der Waals surface area contributed by atoms with Crippen molar-refractivity contribution in [2.75, 3.05) is 32.7 Å². The number of imide groups is 1. The maximum atomic E-state index is 12.6. The van der Waals surface area contributed by atoms with Gasteiger partial charge < -0.3 is 14.5 Å². The number of rotatable bonds is 2. The van der Waals surface area contributed by atoms with Gasteiger partial charge in [-0.3, -0.25) is 19.3 Å². The lowest BCUT2D eigenvalue weighted by Gasteiger charge is -2.36. The van der Waals surface area contributed by atoms with Gasteiger partial charge in [0.15, 0.2) is 0 Å². The van der Waals surface area contributed by atoms with Crippen molar-refractivity contribution in [1.82, 2.24) is 14.7 Å². The molecule has 2 atom stereocenters. The van der Waals surface area contributed by atoms with E-state index < -0.39 is 5.60 Å². The normalized spacial score (nSPS) is 26.3. The largest absolute Gasteiger partial charge is 0.444 e. The summed E-state index contributed by atoms with van der Waals surface area (Å²) in [7, 11) is 0. The number of likely N-dealkylation sites (tertiary alicyclic amines) is 1. The van der Waals surface area contributed by atoms with Crippen LogP contribution in [0.5, 0.6) is 0 Å². The summed E-state index contributed by atoms with van der Waals surface area (Å²) < 4.78 is 5.35. The highest BCUT2D eigenvalue weighted by atomic mass is 16.6. The third-order valence-electron chi connectivity index (χ3n) is 5.51. The summed E-state index contributed by atoms with van der Waals surface area (Å²) in [5.41, 5.74) is -0.558. The number of carbonyl (C=O) groups is 4. The van der Waals surface area contributed by atoms with Crippen molar-refractivity contribution in [3.05, 3.63) is 0 Å². The molecule has 3 fully saturated rings. The summed E-state index contributed by atoms with van der Waals surface area (Å²) in [5.74, 6) is -1.08. The second-order valence-corrected chi connectivity index (χ2v) is 8.61. The van der Waals surface area contributed by atoms with E-state index in [1.807, 2.05) is 20.8 Å². The van der Waals surface area contributed by atoms with Gasteiger partial charge in [-0.15, -0.1) is 0 Å². The average Bonchev–Trinajstić information content (AvgIpc) is 2.86. The lowest BCUT2D eigenvalue weighted by atomic mass is 9.81. The van der Waals surface area contributed by atoms with E-state index in [2.05, 4.69) is 0 Å². The number of amides is 4. The molecule has 0 radical (unpaired) electrons. The molecule has 0 aromatic carbocycles. The monoisotopic (exact) mass is 379 g/mol. The molecule has 0 aromatic heterocycles. The minimum Gasteiger partial charge on any atom is -0.444 e. The molecule has 4 amide bonds. The molecule has 1 aliphatic carbocycles. The number of piperazine rings is 1. The number of hydrogen-bond acceptors (Lipinski definition) is 5. The van der Waals surface area contributed by atoms with Crippen LogP contribution < -0.4 is 0 Å². The zero-order valence-corrected chi connectivity index (χ0v) is 16.4. The van der Waals surface area contributed by atoms with Crippen LogP contribution in [-0.2, 0) is 19.1 Å². The average molecular weight is 379 g/mol. The van der Waals surface area contributed by atoms with Crippen molar-refractivity contribution in [2.24, 2.45) is 11.8 Å². The van der Waals surface area contributed by atoms with E-state index in [1.165, 1.54) is 0 Å². The van der Waals surface area contributed by atoms with E-state index in [1.54, 1.807) is 9.80 Å². The summed E-state index contributed by atoms with van der Waals surface area (Å²) in [6.07, 6.45) is 3.04. The van der Waals surface area contributed by atoms with E-state index in [0.29, 0.717) is 26.2 Å². The molecule has 0 aromatic rings. The summed E-state index contributed by atoms with van der Waals surface area (Å²) in [6.45, 7) is 6.77. The second-order valence-electron chi connectivity index (χ2n) is 8.61. The Hall–Kier alpha value is -2.12. The van der Waals surface area contributed by atoms with Crippen molar-refractivity contribution in [3.8, 4) is 0 Å². The van der Waals surface area contributed by atoms with Crippen molar-refractivity contribution < 1.29 is 23.9 Å². The molecule has 3 rings (SSSR count). The Kier molecular flexibility index (Phi) is 5.44. The Labute approximate surface area is 159 Å². The fraction of sp³-hybridized carbons (Fsp3) is 0.789. The van der Waals surface area contributed by atoms with Gasteiger partial charge in [0.2, 0.25) is 17.7 Å². The third-order valence-corrected chi connectivity index (χ3v) is 5.51. The second kappa shape index (κ2) is 7.48. The predicted octanol–water partition coefficient (Wildman–Crippen LogP) is 1.24. The summed E-state index contributed by atoms with van der Waals surface area (Å²) in [4.78, 5) is 54.1. The molecule has 2 aliphatic heterocycles. The van der Waals surface area contributed by atoms with Crippen LogP contribution in [0.15, 0.2) is 0 Å². The molecular weight excluding hydrogens is 350 g/mol. The zero-order valence-electron chi connectivity index (χ0n) is 16.4. The van der Waals surface area contributed by atoms with Crippen molar-refractivity contribution in [1.29, 1.82) is 0 Å². The van der Waals surface area contributed by atoms with Gasteiger partial charge in [-0.1, -0.05) is 12.8 Å². The fourth-order valence-electron chi connectivity index (χ4n) is 4.09. The topological polar surface area (TPSA) is 87.2 Å². The van der Waals surface area contributed by atoms with Crippen molar-refractivity contribution in [3.63, 3.8) is 0 Å². The molecule has 0 bridgehead atoms. The molecule has 0 spiro atoms. The van der Waals surface area contributed by atoms with Gasteiger partial charge in [0.1, 0.15) is 12.1 Å². The Morgan fingerprint density at radius 3 is 1.89 bits per heavy atom. The van der Waals surface area contributed by atoms with Gasteiger partial charge in [0, 0.05) is 26.2 Å². The molecule has 3 aliphatic rings. The van der Waals surface area contributed by atoms with Gasteiger partial charge in [-0.2, -0.15) is 0 Å². The van der Waals surface area contributed by atoms with E-state index in [4.69, 9.17) is 4.74 Å². The zero-order chi connectivity index (χ0) is 19.8. The van der Waals surface area contributed by atoms with Crippen molar-refractivity contribution in [2.45, 2.75) is 52.1 Å². The van der Waals surface area contributed by atoms with E-state index in [9.17, 15) is 19.2 Å². The van der Waals surface area contributed by atoms with Gasteiger partial charge >= 0.3 is 6.09 Å². The van der Waals surface area contributed by atoms with Crippen LogP contribution in [-0.4, -0.2) is 76.8 Å². The van der Waals surface area contributed by atoms with Crippen LogP contribution in [0.2, 0.25) is 0 Å². The van der Waals surface area contributed by atoms with Gasteiger partial charge in [0.05, 0.1) is 11.8 Å². The lowest BCUT2D eigenvalue weighted by molar-refractivity contribution is -0.147.